The Labute approximate surface area is 116 Å². The summed E-state index contributed by atoms with van der Waals surface area (Å²) in [5.74, 6) is 0. The summed E-state index contributed by atoms with van der Waals surface area (Å²) in [6.45, 7) is 5.88. The molecule has 1 atom stereocenters. The van der Waals surface area contributed by atoms with Crippen molar-refractivity contribution in [2.45, 2.75) is 19.4 Å². The van der Waals surface area contributed by atoms with Gasteiger partial charge in [0.05, 0.1) is 22.3 Å². The van der Waals surface area contributed by atoms with E-state index >= 15 is 0 Å². The average Bonchev–Trinajstić information content (AvgIpc) is 2.42. The molecule has 1 aliphatic heterocycles. The van der Waals surface area contributed by atoms with Crippen LogP contribution in [-0.4, -0.2) is 42.1 Å². The maximum absolute atomic E-state index is 9.08. The molecule has 0 aromatic carbocycles. The number of nitriles is 1. The van der Waals surface area contributed by atoms with Crippen LogP contribution in [0.5, 0.6) is 0 Å². The third-order valence-electron chi connectivity index (χ3n) is 3.38. The average molecular weight is 309 g/mol. The van der Waals surface area contributed by atoms with Crippen LogP contribution in [0.2, 0.25) is 0 Å². The monoisotopic (exact) mass is 308 g/mol. The highest BCUT2D eigenvalue weighted by Gasteiger charge is 2.23. The number of pyridine rings is 1. The second-order valence-electron chi connectivity index (χ2n) is 4.40. The van der Waals surface area contributed by atoms with Gasteiger partial charge in [-0.05, 0) is 28.4 Å². The van der Waals surface area contributed by atoms with Crippen LogP contribution in [0, 0.1) is 11.3 Å². The molecule has 5 heteroatoms. The van der Waals surface area contributed by atoms with Crippen LogP contribution < -0.4 is 4.90 Å². The second kappa shape index (κ2) is 6.17. The molecule has 0 bridgehead atoms. The highest BCUT2D eigenvalue weighted by Crippen LogP contribution is 2.25. The zero-order valence-electron chi connectivity index (χ0n) is 10.5. The lowest BCUT2D eigenvalue weighted by Crippen LogP contribution is -2.50. The first-order chi connectivity index (χ1) is 8.76. The van der Waals surface area contributed by atoms with E-state index in [4.69, 9.17) is 5.26 Å². The predicted octanol–water partition coefficient (Wildman–Crippen LogP) is 2.27. The van der Waals surface area contributed by atoms with Gasteiger partial charge in [-0.25, -0.2) is 0 Å². The minimum Gasteiger partial charge on any atom is -0.368 e. The zero-order valence-corrected chi connectivity index (χ0v) is 12.1. The van der Waals surface area contributed by atoms with Gasteiger partial charge in [0.15, 0.2) is 0 Å². The molecule has 1 fully saturated rings. The summed E-state index contributed by atoms with van der Waals surface area (Å²) < 4.78 is 1.03. The number of anilines is 1. The van der Waals surface area contributed by atoms with Gasteiger partial charge in [0.2, 0.25) is 0 Å². The van der Waals surface area contributed by atoms with E-state index in [9.17, 15) is 0 Å². The van der Waals surface area contributed by atoms with Crippen molar-refractivity contribution < 1.29 is 0 Å². The SMILES string of the molecule is CCC(C#N)N1CCN(c2ccncc2Br)CC1. The van der Waals surface area contributed by atoms with Crippen LogP contribution >= 0.6 is 15.9 Å². The zero-order chi connectivity index (χ0) is 13.0. The largest absolute Gasteiger partial charge is 0.368 e. The summed E-state index contributed by atoms with van der Waals surface area (Å²) >= 11 is 3.53. The molecule has 0 saturated carbocycles. The summed E-state index contributed by atoms with van der Waals surface area (Å²) in [6.07, 6.45) is 4.54. The molecular weight excluding hydrogens is 292 g/mol. The molecule has 2 heterocycles. The van der Waals surface area contributed by atoms with Gasteiger partial charge in [0.25, 0.3) is 0 Å². The van der Waals surface area contributed by atoms with Gasteiger partial charge in [-0.2, -0.15) is 5.26 Å². The molecule has 0 aliphatic carbocycles. The topological polar surface area (TPSA) is 43.2 Å². The molecule has 96 valence electrons. The standard InChI is InChI=1S/C13H17BrN4/c1-2-11(9-15)17-5-7-18(8-6-17)13-3-4-16-10-12(13)14/h3-4,10-11H,2,5-8H2,1H3. The van der Waals surface area contributed by atoms with Crippen molar-refractivity contribution in [2.75, 3.05) is 31.1 Å². The van der Waals surface area contributed by atoms with E-state index < -0.39 is 0 Å². The Hall–Kier alpha value is -1.12. The fourth-order valence-electron chi connectivity index (χ4n) is 2.33. The quantitative estimate of drug-likeness (QED) is 0.859. The predicted molar refractivity (Wildman–Crippen MR) is 75.4 cm³/mol. The lowest BCUT2D eigenvalue weighted by atomic mass is 10.1. The van der Waals surface area contributed by atoms with Crippen LogP contribution in [-0.2, 0) is 0 Å². The lowest BCUT2D eigenvalue weighted by Gasteiger charge is -2.38. The number of piperazine rings is 1. The van der Waals surface area contributed by atoms with Crippen molar-refractivity contribution in [2.24, 2.45) is 0 Å². The van der Waals surface area contributed by atoms with Gasteiger partial charge >= 0.3 is 0 Å². The Bertz CT molecular complexity index is 435. The van der Waals surface area contributed by atoms with Crippen molar-refractivity contribution in [1.29, 1.82) is 5.26 Å². The molecule has 1 aromatic rings. The number of rotatable bonds is 3. The fourth-order valence-corrected chi connectivity index (χ4v) is 2.83. The Kier molecular flexibility index (Phi) is 4.56. The molecule has 0 amide bonds. The number of hydrogen-bond acceptors (Lipinski definition) is 4. The number of aromatic nitrogens is 1. The smallest absolute Gasteiger partial charge is 0.0976 e. The maximum Gasteiger partial charge on any atom is 0.0976 e. The Balaban J connectivity index is 1.99. The van der Waals surface area contributed by atoms with Crippen molar-refractivity contribution >= 4 is 21.6 Å². The van der Waals surface area contributed by atoms with Crippen molar-refractivity contribution in [3.8, 4) is 6.07 Å². The van der Waals surface area contributed by atoms with Crippen LogP contribution in [0.1, 0.15) is 13.3 Å². The van der Waals surface area contributed by atoms with Crippen LogP contribution in [0.3, 0.4) is 0 Å². The molecule has 18 heavy (non-hydrogen) atoms. The van der Waals surface area contributed by atoms with Crippen molar-refractivity contribution in [1.82, 2.24) is 9.88 Å². The number of hydrogen-bond donors (Lipinski definition) is 0. The molecule has 1 aliphatic rings. The summed E-state index contributed by atoms with van der Waals surface area (Å²) in [7, 11) is 0. The van der Waals surface area contributed by atoms with Crippen LogP contribution in [0.4, 0.5) is 5.69 Å². The normalized spacial score (nSPS) is 18.4. The molecule has 0 N–H and O–H groups in total. The first-order valence-corrected chi connectivity index (χ1v) is 7.03. The molecule has 0 spiro atoms. The van der Waals surface area contributed by atoms with E-state index in [2.05, 4.69) is 43.7 Å². The van der Waals surface area contributed by atoms with Gasteiger partial charge in [-0.15, -0.1) is 0 Å². The van der Waals surface area contributed by atoms with Gasteiger partial charge in [-0.3, -0.25) is 9.88 Å². The molecule has 1 unspecified atom stereocenters. The van der Waals surface area contributed by atoms with Gasteiger partial charge in [-0.1, -0.05) is 6.92 Å². The van der Waals surface area contributed by atoms with E-state index in [0.29, 0.717) is 0 Å². The second-order valence-corrected chi connectivity index (χ2v) is 5.26. The van der Waals surface area contributed by atoms with Crippen molar-refractivity contribution in [3.63, 3.8) is 0 Å². The summed E-state index contributed by atoms with van der Waals surface area (Å²) in [5, 5.41) is 9.08. The van der Waals surface area contributed by atoms with E-state index in [0.717, 1.165) is 37.1 Å². The maximum atomic E-state index is 9.08. The molecule has 1 aromatic heterocycles. The summed E-state index contributed by atoms with van der Waals surface area (Å²) in [6, 6.07) is 4.47. The Morgan fingerprint density at radius 2 is 2.17 bits per heavy atom. The molecular formula is C13H17BrN4. The van der Waals surface area contributed by atoms with Gasteiger partial charge in [0, 0.05) is 38.6 Å². The lowest BCUT2D eigenvalue weighted by molar-refractivity contribution is 0.216. The number of nitrogens with zero attached hydrogens (tertiary/aromatic N) is 4. The van der Waals surface area contributed by atoms with Crippen molar-refractivity contribution in [3.05, 3.63) is 22.9 Å². The fraction of sp³-hybridized carbons (Fsp3) is 0.538. The van der Waals surface area contributed by atoms with Gasteiger partial charge in [0.1, 0.15) is 0 Å². The Morgan fingerprint density at radius 1 is 1.44 bits per heavy atom. The number of halogens is 1. The minimum atomic E-state index is 0.0630. The molecule has 2 rings (SSSR count). The van der Waals surface area contributed by atoms with Gasteiger partial charge < -0.3 is 4.90 Å². The Morgan fingerprint density at radius 3 is 2.72 bits per heavy atom. The third-order valence-corrected chi connectivity index (χ3v) is 3.99. The molecule has 4 nitrogen and oxygen atoms in total. The van der Waals surface area contributed by atoms with E-state index in [1.807, 2.05) is 18.5 Å². The molecule has 1 saturated heterocycles. The molecule has 0 radical (unpaired) electrons. The highest BCUT2D eigenvalue weighted by molar-refractivity contribution is 9.10. The first kappa shape index (κ1) is 13.3. The van der Waals surface area contributed by atoms with Crippen LogP contribution in [0.15, 0.2) is 22.9 Å². The van der Waals surface area contributed by atoms with E-state index in [1.165, 1.54) is 5.69 Å². The van der Waals surface area contributed by atoms with E-state index in [1.54, 1.807) is 0 Å². The summed E-state index contributed by atoms with van der Waals surface area (Å²) in [5.41, 5.74) is 1.19. The third kappa shape index (κ3) is 2.82. The van der Waals surface area contributed by atoms with E-state index in [-0.39, 0.29) is 6.04 Å². The minimum absolute atomic E-state index is 0.0630. The van der Waals surface area contributed by atoms with Crippen LogP contribution in [0.25, 0.3) is 0 Å². The summed E-state index contributed by atoms with van der Waals surface area (Å²) in [4.78, 5) is 8.69. The first-order valence-electron chi connectivity index (χ1n) is 6.24. The highest BCUT2D eigenvalue weighted by atomic mass is 79.9.